The molecule has 2 N–H and O–H groups in total. The van der Waals surface area contributed by atoms with Crippen LogP contribution in [-0.2, 0) is 6.54 Å². The standard InChI is InChI=1S/C15H24N4O/c1-18(2)15(7-4-8-15)11-19(3)14(20)13-6-5-12(9-16)10-17-13/h5-6,10H,4,7-9,11,16H2,1-3H3. The van der Waals surface area contributed by atoms with Crippen molar-refractivity contribution in [2.24, 2.45) is 5.73 Å². The maximum absolute atomic E-state index is 12.4. The summed E-state index contributed by atoms with van der Waals surface area (Å²) in [6, 6.07) is 3.61. The summed E-state index contributed by atoms with van der Waals surface area (Å²) >= 11 is 0. The minimum Gasteiger partial charge on any atom is -0.339 e. The van der Waals surface area contributed by atoms with E-state index in [0.29, 0.717) is 12.2 Å². The molecule has 110 valence electrons. The lowest BCUT2D eigenvalue weighted by Gasteiger charge is -2.49. The molecule has 20 heavy (non-hydrogen) atoms. The van der Waals surface area contributed by atoms with Gasteiger partial charge in [0.15, 0.2) is 0 Å². The van der Waals surface area contributed by atoms with E-state index in [1.807, 2.05) is 13.1 Å². The summed E-state index contributed by atoms with van der Waals surface area (Å²) in [6.07, 6.45) is 5.21. The van der Waals surface area contributed by atoms with Gasteiger partial charge in [-0.05, 0) is 45.0 Å². The number of hydrogen-bond acceptors (Lipinski definition) is 4. The van der Waals surface area contributed by atoms with Crippen LogP contribution in [0.5, 0.6) is 0 Å². The lowest BCUT2D eigenvalue weighted by Crippen LogP contribution is -2.57. The van der Waals surface area contributed by atoms with Gasteiger partial charge in [-0.1, -0.05) is 6.07 Å². The van der Waals surface area contributed by atoms with Crippen molar-refractivity contribution in [1.29, 1.82) is 0 Å². The van der Waals surface area contributed by atoms with Crippen LogP contribution in [0, 0.1) is 0 Å². The largest absolute Gasteiger partial charge is 0.339 e. The molecule has 0 spiro atoms. The zero-order valence-corrected chi connectivity index (χ0v) is 12.6. The van der Waals surface area contributed by atoms with Gasteiger partial charge in [0.05, 0.1) is 0 Å². The molecule has 1 fully saturated rings. The van der Waals surface area contributed by atoms with E-state index in [1.54, 1.807) is 17.2 Å². The molecule has 0 aliphatic heterocycles. The van der Waals surface area contributed by atoms with Crippen LogP contribution in [0.15, 0.2) is 18.3 Å². The fraction of sp³-hybridized carbons (Fsp3) is 0.600. The molecule has 0 atom stereocenters. The maximum atomic E-state index is 12.4. The second kappa shape index (κ2) is 5.89. The van der Waals surface area contributed by atoms with Gasteiger partial charge in [-0.25, -0.2) is 0 Å². The summed E-state index contributed by atoms with van der Waals surface area (Å²) in [5.41, 5.74) is 7.10. The Hall–Kier alpha value is -1.46. The third-order valence-corrected chi connectivity index (χ3v) is 4.39. The van der Waals surface area contributed by atoms with Crippen LogP contribution in [-0.4, -0.2) is 53.9 Å². The van der Waals surface area contributed by atoms with Crippen molar-refractivity contribution in [3.05, 3.63) is 29.6 Å². The monoisotopic (exact) mass is 276 g/mol. The highest BCUT2D eigenvalue weighted by Gasteiger charge is 2.40. The van der Waals surface area contributed by atoms with E-state index in [2.05, 4.69) is 24.0 Å². The van der Waals surface area contributed by atoms with Gasteiger partial charge in [-0.2, -0.15) is 0 Å². The predicted molar refractivity (Wildman–Crippen MR) is 79.4 cm³/mol. The van der Waals surface area contributed by atoms with E-state index < -0.39 is 0 Å². The van der Waals surface area contributed by atoms with Crippen LogP contribution in [0.3, 0.4) is 0 Å². The minimum atomic E-state index is -0.0262. The molecule has 1 saturated carbocycles. The number of nitrogens with zero attached hydrogens (tertiary/aromatic N) is 3. The smallest absolute Gasteiger partial charge is 0.272 e. The van der Waals surface area contributed by atoms with E-state index in [9.17, 15) is 4.79 Å². The number of carbonyl (C=O) groups is 1. The lowest BCUT2D eigenvalue weighted by atomic mass is 9.75. The van der Waals surface area contributed by atoms with Crippen molar-refractivity contribution >= 4 is 5.91 Å². The summed E-state index contributed by atoms with van der Waals surface area (Å²) in [5.74, 6) is -0.0262. The Bertz CT molecular complexity index is 465. The number of rotatable bonds is 5. The SMILES string of the molecule is CN(CC1(N(C)C)CCC1)C(=O)c1ccc(CN)cn1. The van der Waals surface area contributed by atoms with Gasteiger partial charge in [0, 0.05) is 31.9 Å². The van der Waals surface area contributed by atoms with Crippen LogP contribution in [0.2, 0.25) is 0 Å². The molecule has 1 aliphatic rings. The normalized spacial score (nSPS) is 16.9. The molecule has 1 aliphatic carbocycles. The summed E-state index contributed by atoms with van der Waals surface area (Å²) in [4.78, 5) is 20.6. The van der Waals surface area contributed by atoms with Crippen molar-refractivity contribution < 1.29 is 4.79 Å². The third kappa shape index (κ3) is 2.83. The van der Waals surface area contributed by atoms with Gasteiger partial charge in [-0.3, -0.25) is 9.78 Å². The topological polar surface area (TPSA) is 62.5 Å². The molecular formula is C15H24N4O. The highest BCUT2D eigenvalue weighted by Crippen LogP contribution is 2.36. The van der Waals surface area contributed by atoms with Gasteiger partial charge in [0.25, 0.3) is 5.91 Å². The predicted octanol–water partition coefficient (Wildman–Crippen LogP) is 1.10. The van der Waals surface area contributed by atoms with E-state index in [4.69, 9.17) is 5.73 Å². The zero-order valence-electron chi connectivity index (χ0n) is 12.6. The Morgan fingerprint density at radius 3 is 2.45 bits per heavy atom. The highest BCUT2D eigenvalue weighted by molar-refractivity contribution is 5.92. The first-order chi connectivity index (χ1) is 9.48. The number of hydrogen-bond donors (Lipinski definition) is 1. The van der Waals surface area contributed by atoms with Gasteiger partial charge in [0.1, 0.15) is 5.69 Å². The van der Waals surface area contributed by atoms with Gasteiger partial charge >= 0.3 is 0 Å². The number of likely N-dealkylation sites (N-methyl/N-ethyl adjacent to an activating group) is 2. The molecule has 1 heterocycles. The first-order valence-corrected chi connectivity index (χ1v) is 7.06. The Balaban J connectivity index is 2.04. The van der Waals surface area contributed by atoms with E-state index >= 15 is 0 Å². The highest BCUT2D eigenvalue weighted by atomic mass is 16.2. The van der Waals surface area contributed by atoms with Crippen molar-refractivity contribution in [2.75, 3.05) is 27.7 Å². The average molecular weight is 276 g/mol. The summed E-state index contributed by atoms with van der Waals surface area (Å²) in [7, 11) is 6.03. The van der Waals surface area contributed by atoms with Gasteiger partial charge in [0.2, 0.25) is 0 Å². The molecule has 1 aromatic rings. The average Bonchev–Trinajstić information content (AvgIpc) is 2.41. The van der Waals surface area contributed by atoms with Crippen LogP contribution < -0.4 is 5.73 Å². The van der Waals surface area contributed by atoms with Crippen molar-refractivity contribution in [3.8, 4) is 0 Å². The third-order valence-electron chi connectivity index (χ3n) is 4.39. The maximum Gasteiger partial charge on any atom is 0.272 e. The molecule has 1 aromatic heterocycles. The zero-order chi connectivity index (χ0) is 14.8. The van der Waals surface area contributed by atoms with Crippen molar-refractivity contribution in [3.63, 3.8) is 0 Å². The van der Waals surface area contributed by atoms with E-state index in [1.165, 1.54) is 6.42 Å². The first kappa shape index (κ1) is 14.9. The van der Waals surface area contributed by atoms with Crippen LogP contribution in [0.1, 0.15) is 35.3 Å². The number of nitrogens with two attached hydrogens (primary N) is 1. The fourth-order valence-corrected chi connectivity index (χ4v) is 2.71. The molecule has 5 heteroatoms. The molecule has 0 radical (unpaired) electrons. The molecule has 1 amide bonds. The Labute approximate surface area is 120 Å². The second-order valence-electron chi connectivity index (χ2n) is 5.89. The molecule has 5 nitrogen and oxygen atoms in total. The lowest BCUT2D eigenvalue weighted by molar-refractivity contribution is 0.0250. The Morgan fingerprint density at radius 1 is 1.35 bits per heavy atom. The van der Waals surface area contributed by atoms with Crippen LogP contribution in [0.4, 0.5) is 0 Å². The van der Waals surface area contributed by atoms with Gasteiger partial charge < -0.3 is 15.5 Å². The summed E-state index contributed by atoms with van der Waals surface area (Å²) < 4.78 is 0. The molecule has 0 saturated heterocycles. The number of pyridine rings is 1. The molecule has 2 rings (SSSR count). The number of amides is 1. The fourth-order valence-electron chi connectivity index (χ4n) is 2.71. The molecular weight excluding hydrogens is 252 g/mol. The minimum absolute atomic E-state index is 0.0262. The Kier molecular flexibility index (Phi) is 4.40. The van der Waals surface area contributed by atoms with Crippen molar-refractivity contribution in [2.45, 2.75) is 31.3 Å². The van der Waals surface area contributed by atoms with E-state index in [-0.39, 0.29) is 11.4 Å². The summed E-state index contributed by atoms with van der Waals surface area (Å²) in [5, 5.41) is 0. The Morgan fingerprint density at radius 2 is 2.05 bits per heavy atom. The number of aromatic nitrogens is 1. The summed E-state index contributed by atoms with van der Waals surface area (Å²) in [6.45, 7) is 1.19. The first-order valence-electron chi connectivity index (χ1n) is 7.06. The molecule has 0 bridgehead atoms. The number of carbonyl (C=O) groups excluding carboxylic acids is 1. The quantitative estimate of drug-likeness (QED) is 0.874. The van der Waals surface area contributed by atoms with Crippen molar-refractivity contribution in [1.82, 2.24) is 14.8 Å². The van der Waals surface area contributed by atoms with E-state index in [0.717, 1.165) is 24.9 Å². The molecule has 0 aromatic carbocycles. The molecule has 0 unspecified atom stereocenters. The van der Waals surface area contributed by atoms with Crippen LogP contribution in [0.25, 0.3) is 0 Å². The van der Waals surface area contributed by atoms with Crippen LogP contribution >= 0.6 is 0 Å². The van der Waals surface area contributed by atoms with Gasteiger partial charge in [-0.15, -0.1) is 0 Å². The second-order valence-corrected chi connectivity index (χ2v) is 5.89.